The Morgan fingerprint density at radius 2 is 1.75 bits per heavy atom. The average Bonchev–Trinajstić information content (AvgIpc) is 3.35. The number of anilines is 1. The van der Waals surface area contributed by atoms with Gasteiger partial charge in [-0.3, -0.25) is 9.69 Å². The Bertz CT molecular complexity index is 1280. The Balaban J connectivity index is 1.21. The summed E-state index contributed by atoms with van der Waals surface area (Å²) >= 11 is 13.7. The van der Waals surface area contributed by atoms with Crippen LogP contribution in [0.4, 0.5) is 14.9 Å². The number of amides is 3. The summed E-state index contributed by atoms with van der Waals surface area (Å²) in [5, 5.41) is 5.68. The summed E-state index contributed by atoms with van der Waals surface area (Å²) in [6, 6.07) is 13.2. The van der Waals surface area contributed by atoms with Crippen LogP contribution in [0.1, 0.15) is 22.0 Å². The molecule has 6 nitrogen and oxygen atoms in total. The number of urea groups is 1. The highest BCUT2D eigenvalue weighted by Crippen LogP contribution is 2.37. The molecule has 1 N–H and O–H groups in total. The van der Waals surface area contributed by atoms with E-state index in [0.29, 0.717) is 41.9 Å². The molecule has 1 atom stereocenters. The zero-order valence-corrected chi connectivity index (χ0v) is 21.8. The maximum Gasteiger partial charge on any atom is 0.321 e. The third-order valence-electron chi connectivity index (χ3n) is 6.66. The molecule has 1 aromatic heterocycles. The van der Waals surface area contributed by atoms with Crippen molar-refractivity contribution < 1.29 is 14.0 Å². The van der Waals surface area contributed by atoms with Gasteiger partial charge in [-0.2, -0.15) is 0 Å². The lowest BCUT2D eigenvalue weighted by Crippen LogP contribution is -2.54. The second-order valence-corrected chi connectivity index (χ2v) is 10.7. The van der Waals surface area contributed by atoms with E-state index in [0.717, 1.165) is 24.1 Å². The van der Waals surface area contributed by atoms with E-state index in [2.05, 4.69) is 21.7 Å². The summed E-state index contributed by atoms with van der Waals surface area (Å²) in [4.78, 5) is 32.8. The third kappa shape index (κ3) is 5.37. The van der Waals surface area contributed by atoms with Gasteiger partial charge in [-0.05, 0) is 59.3 Å². The summed E-state index contributed by atoms with van der Waals surface area (Å²) in [6.45, 7) is 2.74. The zero-order chi connectivity index (χ0) is 25.2. The molecular weight excluding hydrogens is 522 g/mol. The number of carbonyl (C=O) groups excluding carboxylic acids is 2. The molecular formula is C26H25Cl2FN4O2S. The molecule has 2 aliphatic rings. The molecule has 188 valence electrons. The molecule has 3 amide bonds. The fourth-order valence-electron chi connectivity index (χ4n) is 4.81. The highest BCUT2D eigenvalue weighted by molar-refractivity contribution is 7.10. The van der Waals surface area contributed by atoms with Crippen LogP contribution in [0.15, 0.2) is 53.9 Å². The van der Waals surface area contributed by atoms with Gasteiger partial charge in [0.05, 0.1) is 22.6 Å². The number of halogens is 3. The molecule has 0 radical (unpaired) electrons. The standard InChI is InChI=1S/C26H25Cl2FN4O2S/c27-21-5-4-19(15-22(21)28)30-26(35)32-11-9-31(10-12-32)24(34)16-33-8-6-23-20(7-13-36-23)25(33)17-2-1-3-18(29)14-17/h1-5,7,13-15,25H,6,8-12,16H2,(H,30,35)/t25-/m0/s1. The van der Waals surface area contributed by atoms with E-state index >= 15 is 0 Å². The molecule has 0 unspecified atom stereocenters. The van der Waals surface area contributed by atoms with Gasteiger partial charge in [0, 0.05) is 43.3 Å². The van der Waals surface area contributed by atoms with Crippen molar-refractivity contribution in [2.75, 3.05) is 44.6 Å². The van der Waals surface area contributed by atoms with Crippen molar-refractivity contribution in [1.29, 1.82) is 0 Å². The largest absolute Gasteiger partial charge is 0.338 e. The number of thiophene rings is 1. The summed E-state index contributed by atoms with van der Waals surface area (Å²) in [6.07, 6.45) is 0.870. The topological polar surface area (TPSA) is 55.9 Å². The van der Waals surface area contributed by atoms with E-state index in [9.17, 15) is 14.0 Å². The minimum atomic E-state index is -0.281. The number of benzene rings is 2. The maximum absolute atomic E-state index is 14.0. The number of nitrogens with one attached hydrogen (secondary N) is 1. The van der Waals surface area contributed by atoms with E-state index in [1.165, 1.54) is 10.9 Å². The maximum atomic E-state index is 14.0. The Hall–Kier alpha value is -2.65. The smallest absolute Gasteiger partial charge is 0.321 e. The van der Waals surface area contributed by atoms with Gasteiger partial charge in [0.1, 0.15) is 5.82 Å². The number of fused-ring (bicyclic) bond motifs is 1. The van der Waals surface area contributed by atoms with Crippen LogP contribution in [0, 0.1) is 5.82 Å². The first-order valence-electron chi connectivity index (χ1n) is 11.7. The van der Waals surface area contributed by atoms with Gasteiger partial charge in [-0.15, -0.1) is 11.3 Å². The molecule has 0 saturated carbocycles. The van der Waals surface area contributed by atoms with Crippen LogP contribution in [0.3, 0.4) is 0 Å². The fraction of sp³-hybridized carbons (Fsp3) is 0.308. The fourth-order valence-corrected chi connectivity index (χ4v) is 6.02. The van der Waals surface area contributed by atoms with Crippen molar-refractivity contribution in [3.8, 4) is 0 Å². The van der Waals surface area contributed by atoms with Crippen LogP contribution in [0.5, 0.6) is 0 Å². The Morgan fingerprint density at radius 3 is 2.50 bits per heavy atom. The summed E-state index contributed by atoms with van der Waals surface area (Å²) in [5.74, 6) is -0.268. The predicted octanol–water partition coefficient (Wildman–Crippen LogP) is 5.52. The van der Waals surface area contributed by atoms with Crippen LogP contribution in [0.25, 0.3) is 0 Å². The van der Waals surface area contributed by atoms with Crippen molar-refractivity contribution in [2.24, 2.45) is 0 Å². The first-order valence-corrected chi connectivity index (χ1v) is 13.4. The molecule has 0 aliphatic carbocycles. The molecule has 36 heavy (non-hydrogen) atoms. The van der Waals surface area contributed by atoms with E-state index in [4.69, 9.17) is 23.2 Å². The molecule has 10 heteroatoms. The Kier molecular flexibility index (Phi) is 7.48. The van der Waals surface area contributed by atoms with Crippen molar-refractivity contribution in [3.05, 3.63) is 85.8 Å². The average molecular weight is 547 g/mol. The summed E-state index contributed by atoms with van der Waals surface area (Å²) < 4.78 is 14.0. The molecule has 0 spiro atoms. The van der Waals surface area contributed by atoms with E-state index in [-0.39, 0.29) is 30.3 Å². The van der Waals surface area contributed by atoms with Gasteiger partial charge in [0.15, 0.2) is 0 Å². The SMILES string of the molecule is O=C(CN1CCc2sccc2[C@@H]1c1cccc(F)c1)N1CCN(C(=O)Nc2ccc(Cl)c(Cl)c2)CC1. The normalized spacial score (nSPS) is 18.1. The number of carbonyl (C=O) groups is 2. The van der Waals surface area contributed by atoms with Gasteiger partial charge in [0.25, 0.3) is 0 Å². The Labute approximate surface area is 223 Å². The molecule has 2 aliphatic heterocycles. The number of rotatable bonds is 4. The van der Waals surface area contributed by atoms with E-state index < -0.39 is 0 Å². The van der Waals surface area contributed by atoms with E-state index in [1.807, 2.05) is 6.07 Å². The second kappa shape index (κ2) is 10.8. The van der Waals surface area contributed by atoms with E-state index in [1.54, 1.807) is 51.5 Å². The van der Waals surface area contributed by atoms with Crippen molar-refractivity contribution in [2.45, 2.75) is 12.5 Å². The predicted molar refractivity (Wildman–Crippen MR) is 141 cm³/mol. The van der Waals surface area contributed by atoms with Crippen LogP contribution in [0.2, 0.25) is 10.0 Å². The van der Waals surface area contributed by atoms with Crippen LogP contribution < -0.4 is 5.32 Å². The first kappa shape index (κ1) is 25.0. The molecule has 3 aromatic rings. The highest BCUT2D eigenvalue weighted by atomic mass is 35.5. The number of hydrogen-bond donors (Lipinski definition) is 1. The quantitative estimate of drug-likeness (QED) is 0.468. The van der Waals surface area contributed by atoms with Crippen molar-refractivity contribution >= 4 is 52.2 Å². The van der Waals surface area contributed by atoms with Gasteiger partial charge in [0.2, 0.25) is 5.91 Å². The third-order valence-corrected chi connectivity index (χ3v) is 8.39. The molecule has 2 aromatic carbocycles. The van der Waals surface area contributed by atoms with Gasteiger partial charge < -0.3 is 15.1 Å². The van der Waals surface area contributed by atoms with Gasteiger partial charge in [-0.25, -0.2) is 9.18 Å². The first-order chi connectivity index (χ1) is 17.4. The van der Waals surface area contributed by atoms with Crippen LogP contribution in [-0.2, 0) is 11.2 Å². The lowest BCUT2D eigenvalue weighted by Gasteiger charge is -2.39. The summed E-state index contributed by atoms with van der Waals surface area (Å²) in [5.41, 5.74) is 2.56. The Morgan fingerprint density at radius 1 is 0.972 bits per heavy atom. The number of hydrogen-bond acceptors (Lipinski definition) is 4. The molecule has 0 bridgehead atoms. The molecule has 1 fully saturated rings. The monoisotopic (exact) mass is 546 g/mol. The lowest BCUT2D eigenvalue weighted by atomic mass is 9.93. The molecule has 3 heterocycles. The van der Waals surface area contributed by atoms with Gasteiger partial charge in [-0.1, -0.05) is 35.3 Å². The minimum absolute atomic E-state index is 0.0135. The number of nitrogens with zero attached hydrogens (tertiary/aromatic N) is 3. The molecule has 1 saturated heterocycles. The lowest BCUT2D eigenvalue weighted by molar-refractivity contribution is -0.134. The summed E-state index contributed by atoms with van der Waals surface area (Å²) in [7, 11) is 0. The van der Waals surface area contributed by atoms with Crippen molar-refractivity contribution in [3.63, 3.8) is 0 Å². The molecule has 5 rings (SSSR count). The van der Waals surface area contributed by atoms with Crippen molar-refractivity contribution in [1.82, 2.24) is 14.7 Å². The van der Waals surface area contributed by atoms with Crippen LogP contribution in [-0.4, -0.2) is 65.9 Å². The van der Waals surface area contributed by atoms with Crippen LogP contribution >= 0.6 is 34.5 Å². The minimum Gasteiger partial charge on any atom is -0.338 e. The highest BCUT2D eigenvalue weighted by Gasteiger charge is 2.33. The second-order valence-electron chi connectivity index (χ2n) is 8.90. The zero-order valence-electron chi connectivity index (χ0n) is 19.4. The number of piperazine rings is 1. The van der Waals surface area contributed by atoms with Gasteiger partial charge >= 0.3 is 6.03 Å².